The molecule has 0 fully saturated rings. The summed E-state index contributed by atoms with van der Waals surface area (Å²) in [5, 5.41) is 5.10. The van der Waals surface area contributed by atoms with Crippen molar-refractivity contribution < 1.29 is 4.79 Å². The van der Waals surface area contributed by atoms with Gasteiger partial charge in [0.1, 0.15) is 0 Å². The number of nitrogens with zero attached hydrogens (tertiary/aromatic N) is 5. The van der Waals surface area contributed by atoms with Crippen LogP contribution in [0.25, 0.3) is 11.0 Å². The summed E-state index contributed by atoms with van der Waals surface area (Å²) < 4.78 is 1.80. The first-order valence-corrected chi connectivity index (χ1v) is 7.58. The second-order valence-corrected chi connectivity index (χ2v) is 5.49. The van der Waals surface area contributed by atoms with E-state index in [9.17, 15) is 4.79 Å². The van der Waals surface area contributed by atoms with E-state index in [-0.39, 0.29) is 5.91 Å². The van der Waals surface area contributed by atoms with Gasteiger partial charge in [0.05, 0.1) is 29.4 Å². The highest BCUT2D eigenvalue weighted by Gasteiger charge is 2.19. The number of aromatic nitrogens is 4. The van der Waals surface area contributed by atoms with Gasteiger partial charge in [0.25, 0.3) is 5.91 Å². The summed E-state index contributed by atoms with van der Waals surface area (Å²) in [7, 11) is 1.78. The van der Waals surface area contributed by atoms with Gasteiger partial charge < -0.3 is 4.90 Å². The summed E-state index contributed by atoms with van der Waals surface area (Å²) in [5.41, 5.74) is 3.05. The minimum Gasteiger partial charge on any atom is -0.336 e. The summed E-state index contributed by atoms with van der Waals surface area (Å²) in [6, 6.07) is 7.51. The van der Waals surface area contributed by atoms with Crippen LogP contribution in [0, 0.1) is 6.92 Å². The van der Waals surface area contributed by atoms with Crippen LogP contribution in [-0.4, -0.2) is 37.6 Å². The SMILES string of the molecule is CCn1ncc2c(C(=O)N(C)Cc3ccccn3)cc(C)nc21. The molecule has 0 N–H and O–H groups in total. The van der Waals surface area contributed by atoms with E-state index in [1.807, 2.05) is 38.1 Å². The highest BCUT2D eigenvalue weighted by molar-refractivity contribution is 6.05. The predicted octanol–water partition coefficient (Wildman–Crippen LogP) is 2.43. The Bertz CT molecular complexity index is 841. The number of aryl methyl sites for hydroxylation is 2. The molecular formula is C17H19N5O. The second-order valence-electron chi connectivity index (χ2n) is 5.49. The van der Waals surface area contributed by atoms with Gasteiger partial charge in [-0.25, -0.2) is 9.67 Å². The number of amides is 1. The highest BCUT2D eigenvalue weighted by Crippen LogP contribution is 2.20. The average Bonchev–Trinajstić information content (AvgIpc) is 2.97. The molecule has 0 unspecified atom stereocenters. The topological polar surface area (TPSA) is 63.9 Å². The third-order valence-corrected chi connectivity index (χ3v) is 3.74. The van der Waals surface area contributed by atoms with E-state index in [4.69, 9.17) is 0 Å². The minimum absolute atomic E-state index is 0.0539. The lowest BCUT2D eigenvalue weighted by Gasteiger charge is -2.17. The maximum Gasteiger partial charge on any atom is 0.254 e. The normalized spacial score (nSPS) is 10.9. The smallest absolute Gasteiger partial charge is 0.254 e. The van der Waals surface area contributed by atoms with Gasteiger partial charge in [-0.3, -0.25) is 9.78 Å². The van der Waals surface area contributed by atoms with Gasteiger partial charge in [-0.05, 0) is 32.0 Å². The molecule has 6 nitrogen and oxygen atoms in total. The maximum absolute atomic E-state index is 12.8. The molecule has 1 amide bonds. The summed E-state index contributed by atoms with van der Waals surface area (Å²) in [6.07, 6.45) is 3.45. The van der Waals surface area contributed by atoms with Gasteiger partial charge >= 0.3 is 0 Å². The van der Waals surface area contributed by atoms with Crippen LogP contribution in [0.4, 0.5) is 0 Å². The van der Waals surface area contributed by atoms with Crippen molar-refractivity contribution in [2.24, 2.45) is 0 Å². The Morgan fingerprint density at radius 1 is 1.35 bits per heavy atom. The van der Waals surface area contributed by atoms with Crippen molar-refractivity contribution >= 4 is 16.9 Å². The quantitative estimate of drug-likeness (QED) is 0.742. The fourth-order valence-electron chi connectivity index (χ4n) is 2.59. The Labute approximate surface area is 134 Å². The minimum atomic E-state index is -0.0539. The number of carbonyl (C=O) groups excluding carboxylic acids is 1. The molecule has 0 aromatic carbocycles. The fraction of sp³-hybridized carbons (Fsp3) is 0.294. The molecule has 0 aliphatic carbocycles. The van der Waals surface area contributed by atoms with Crippen molar-refractivity contribution in [2.75, 3.05) is 7.05 Å². The molecule has 0 saturated heterocycles. The zero-order valence-corrected chi connectivity index (χ0v) is 13.5. The van der Waals surface area contributed by atoms with Crippen LogP contribution >= 0.6 is 0 Å². The van der Waals surface area contributed by atoms with E-state index in [1.165, 1.54) is 0 Å². The standard InChI is InChI=1S/C17H19N5O/c1-4-22-16-15(10-19-22)14(9-12(2)20-16)17(23)21(3)11-13-7-5-6-8-18-13/h5-10H,4,11H2,1-3H3. The van der Waals surface area contributed by atoms with Crippen LogP contribution in [0.5, 0.6) is 0 Å². The van der Waals surface area contributed by atoms with E-state index in [0.29, 0.717) is 12.1 Å². The van der Waals surface area contributed by atoms with Crippen LogP contribution < -0.4 is 0 Å². The number of hydrogen-bond acceptors (Lipinski definition) is 4. The van der Waals surface area contributed by atoms with Crippen molar-refractivity contribution in [1.82, 2.24) is 24.6 Å². The Kier molecular flexibility index (Phi) is 4.06. The molecule has 118 valence electrons. The molecule has 0 saturated carbocycles. The first-order chi connectivity index (χ1) is 11.1. The average molecular weight is 309 g/mol. The summed E-state index contributed by atoms with van der Waals surface area (Å²) in [5.74, 6) is -0.0539. The van der Waals surface area contributed by atoms with Crippen LogP contribution in [0.1, 0.15) is 28.7 Å². The van der Waals surface area contributed by atoms with Crippen LogP contribution in [-0.2, 0) is 13.1 Å². The zero-order valence-electron chi connectivity index (χ0n) is 13.5. The van der Waals surface area contributed by atoms with E-state index in [1.54, 1.807) is 29.0 Å². The molecular weight excluding hydrogens is 290 g/mol. The zero-order chi connectivity index (χ0) is 16.4. The highest BCUT2D eigenvalue weighted by atomic mass is 16.2. The second kappa shape index (κ2) is 6.16. The summed E-state index contributed by atoms with van der Waals surface area (Å²) in [6.45, 7) is 5.08. The van der Waals surface area contributed by atoms with E-state index in [2.05, 4.69) is 15.1 Å². The number of rotatable bonds is 4. The van der Waals surface area contributed by atoms with Gasteiger partial charge in [0.15, 0.2) is 5.65 Å². The molecule has 6 heteroatoms. The lowest BCUT2D eigenvalue weighted by Crippen LogP contribution is -2.27. The van der Waals surface area contributed by atoms with Crippen LogP contribution in [0.2, 0.25) is 0 Å². The first-order valence-electron chi connectivity index (χ1n) is 7.58. The van der Waals surface area contributed by atoms with Crippen molar-refractivity contribution in [3.63, 3.8) is 0 Å². The van der Waals surface area contributed by atoms with Gasteiger partial charge in [-0.1, -0.05) is 6.07 Å². The largest absolute Gasteiger partial charge is 0.336 e. The number of hydrogen-bond donors (Lipinski definition) is 0. The summed E-state index contributed by atoms with van der Waals surface area (Å²) in [4.78, 5) is 23.3. The van der Waals surface area contributed by atoms with Crippen LogP contribution in [0.3, 0.4) is 0 Å². The summed E-state index contributed by atoms with van der Waals surface area (Å²) >= 11 is 0. The Balaban J connectivity index is 1.95. The van der Waals surface area contributed by atoms with Crippen molar-refractivity contribution in [1.29, 1.82) is 0 Å². The third-order valence-electron chi connectivity index (χ3n) is 3.74. The molecule has 0 aliphatic heterocycles. The van der Waals surface area contributed by atoms with Gasteiger partial charge in [0, 0.05) is 25.5 Å². The predicted molar refractivity (Wildman–Crippen MR) is 88.0 cm³/mol. The molecule has 0 atom stereocenters. The molecule has 0 radical (unpaired) electrons. The number of pyridine rings is 2. The third kappa shape index (κ3) is 2.92. The molecule has 3 rings (SSSR count). The van der Waals surface area contributed by atoms with E-state index in [0.717, 1.165) is 29.0 Å². The van der Waals surface area contributed by atoms with E-state index >= 15 is 0 Å². The molecule has 3 aromatic rings. The Hall–Kier alpha value is -2.76. The molecule has 3 aromatic heterocycles. The van der Waals surface area contributed by atoms with Crippen molar-refractivity contribution in [2.45, 2.75) is 26.9 Å². The van der Waals surface area contributed by atoms with Gasteiger partial charge in [-0.15, -0.1) is 0 Å². The van der Waals surface area contributed by atoms with Gasteiger partial charge in [-0.2, -0.15) is 5.10 Å². The van der Waals surface area contributed by atoms with E-state index < -0.39 is 0 Å². The molecule has 0 spiro atoms. The Morgan fingerprint density at radius 2 is 2.17 bits per heavy atom. The monoisotopic (exact) mass is 309 g/mol. The van der Waals surface area contributed by atoms with Gasteiger partial charge in [0.2, 0.25) is 0 Å². The number of carbonyl (C=O) groups is 1. The lowest BCUT2D eigenvalue weighted by molar-refractivity contribution is 0.0785. The fourth-order valence-corrected chi connectivity index (χ4v) is 2.59. The van der Waals surface area contributed by atoms with Crippen LogP contribution in [0.15, 0.2) is 36.7 Å². The molecule has 23 heavy (non-hydrogen) atoms. The lowest BCUT2D eigenvalue weighted by atomic mass is 10.1. The molecule has 0 aliphatic rings. The Morgan fingerprint density at radius 3 is 2.87 bits per heavy atom. The van der Waals surface area contributed by atoms with Crippen molar-refractivity contribution in [3.05, 3.63) is 53.6 Å². The maximum atomic E-state index is 12.8. The first kappa shape index (κ1) is 15.1. The number of fused-ring (bicyclic) bond motifs is 1. The molecule has 0 bridgehead atoms. The van der Waals surface area contributed by atoms with Crippen molar-refractivity contribution in [3.8, 4) is 0 Å². The molecule has 3 heterocycles.